The lowest BCUT2D eigenvalue weighted by molar-refractivity contribution is -0.100. The van der Waals surface area contributed by atoms with Crippen LogP contribution in [0.4, 0.5) is 0 Å². The van der Waals surface area contributed by atoms with E-state index in [4.69, 9.17) is 9.47 Å². The van der Waals surface area contributed by atoms with Gasteiger partial charge in [0.1, 0.15) is 0 Å². The van der Waals surface area contributed by atoms with Crippen LogP contribution >= 0.6 is 0 Å². The van der Waals surface area contributed by atoms with E-state index >= 15 is 0 Å². The average Bonchev–Trinajstić information content (AvgIpc) is 2.31. The smallest absolute Gasteiger partial charge is 0.0936 e. The molecule has 0 aromatic rings. The van der Waals surface area contributed by atoms with Gasteiger partial charge in [0.25, 0.3) is 0 Å². The molecule has 16 heavy (non-hydrogen) atoms. The van der Waals surface area contributed by atoms with E-state index in [1.807, 2.05) is 0 Å². The fourth-order valence-corrected chi connectivity index (χ4v) is 2.76. The Balaban J connectivity index is 1.74. The summed E-state index contributed by atoms with van der Waals surface area (Å²) in [6.45, 7) is 7.98. The molecule has 3 atom stereocenters. The van der Waals surface area contributed by atoms with Gasteiger partial charge in [0, 0.05) is 19.1 Å². The number of nitrogens with one attached hydrogen (secondary N) is 1. The van der Waals surface area contributed by atoms with Crippen LogP contribution in [0.3, 0.4) is 0 Å². The molecule has 2 saturated heterocycles. The van der Waals surface area contributed by atoms with E-state index in [9.17, 15) is 0 Å². The predicted octanol–water partition coefficient (Wildman–Crippen LogP) is 0.332. The second-order valence-corrected chi connectivity index (χ2v) is 4.99. The highest BCUT2D eigenvalue weighted by Gasteiger charge is 2.27. The quantitative estimate of drug-likeness (QED) is 0.755. The van der Waals surface area contributed by atoms with Gasteiger partial charge in [-0.3, -0.25) is 0 Å². The monoisotopic (exact) mass is 228 g/mol. The molecule has 94 valence electrons. The number of hydrogen-bond donors (Lipinski definition) is 1. The largest absolute Gasteiger partial charge is 0.376 e. The summed E-state index contributed by atoms with van der Waals surface area (Å²) in [6.07, 6.45) is 1.53. The average molecular weight is 228 g/mol. The number of nitrogens with zero attached hydrogens (tertiary/aromatic N) is 1. The molecule has 0 aromatic carbocycles. The Morgan fingerprint density at radius 2 is 2.25 bits per heavy atom. The van der Waals surface area contributed by atoms with Gasteiger partial charge in [-0.1, -0.05) is 6.92 Å². The lowest BCUT2D eigenvalue weighted by atomic mass is 9.94. The molecule has 0 aromatic heterocycles. The lowest BCUT2D eigenvalue weighted by Gasteiger charge is -2.38. The molecule has 2 fully saturated rings. The van der Waals surface area contributed by atoms with Crippen molar-refractivity contribution in [3.8, 4) is 0 Å². The Morgan fingerprint density at radius 1 is 1.38 bits per heavy atom. The van der Waals surface area contributed by atoms with Gasteiger partial charge in [0.2, 0.25) is 0 Å². The van der Waals surface area contributed by atoms with Crippen LogP contribution in [0.1, 0.15) is 13.3 Å². The molecule has 4 heteroatoms. The van der Waals surface area contributed by atoms with Crippen LogP contribution in [0, 0.1) is 5.92 Å². The number of rotatable bonds is 3. The first-order valence-electron chi connectivity index (χ1n) is 6.38. The fraction of sp³-hybridized carbons (Fsp3) is 1.00. The summed E-state index contributed by atoms with van der Waals surface area (Å²) in [4.78, 5) is 2.51. The van der Waals surface area contributed by atoms with E-state index in [1.165, 1.54) is 19.5 Å². The van der Waals surface area contributed by atoms with Gasteiger partial charge < -0.3 is 19.7 Å². The maximum Gasteiger partial charge on any atom is 0.0936 e. The van der Waals surface area contributed by atoms with Gasteiger partial charge in [-0.05, 0) is 25.9 Å². The molecule has 0 spiro atoms. The zero-order valence-electron chi connectivity index (χ0n) is 10.4. The lowest BCUT2D eigenvalue weighted by Crippen LogP contribution is -2.50. The van der Waals surface area contributed by atoms with Crippen LogP contribution in [-0.4, -0.2) is 63.5 Å². The molecule has 2 aliphatic heterocycles. The van der Waals surface area contributed by atoms with Crippen molar-refractivity contribution in [3.63, 3.8) is 0 Å². The van der Waals surface area contributed by atoms with Crippen molar-refractivity contribution < 1.29 is 9.47 Å². The van der Waals surface area contributed by atoms with E-state index in [2.05, 4.69) is 24.2 Å². The van der Waals surface area contributed by atoms with Crippen LogP contribution < -0.4 is 5.32 Å². The first-order valence-corrected chi connectivity index (χ1v) is 6.38. The summed E-state index contributed by atoms with van der Waals surface area (Å²) in [6, 6.07) is 0.680. The molecule has 2 heterocycles. The first kappa shape index (κ1) is 12.3. The molecule has 0 bridgehead atoms. The summed E-state index contributed by atoms with van der Waals surface area (Å²) in [5.74, 6) is 0.725. The van der Waals surface area contributed by atoms with Crippen molar-refractivity contribution in [1.29, 1.82) is 0 Å². The molecule has 0 radical (unpaired) electrons. The second kappa shape index (κ2) is 5.96. The van der Waals surface area contributed by atoms with Crippen LogP contribution in [0.2, 0.25) is 0 Å². The number of hydrogen-bond acceptors (Lipinski definition) is 4. The molecule has 0 aliphatic carbocycles. The fourth-order valence-electron chi connectivity index (χ4n) is 2.76. The Kier molecular flexibility index (Phi) is 4.58. The van der Waals surface area contributed by atoms with Crippen LogP contribution in [0.15, 0.2) is 0 Å². The first-order chi connectivity index (χ1) is 7.79. The SMILES string of the molecule is CNC1CCN(CC2COCCO2)CC1C. The topological polar surface area (TPSA) is 33.7 Å². The minimum Gasteiger partial charge on any atom is -0.376 e. The molecule has 0 saturated carbocycles. The highest BCUT2D eigenvalue weighted by atomic mass is 16.6. The van der Waals surface area contributed by atoms with Crippen molar-refractivity contribution in [2.75, 3.05) is 46.5 Å². The van der Waals surface area contributed by atoms with Crippen molar-refractivity contribution >= 4 is 0 Å². The number of ether oxygens (including phenoxy) is 2. The third-order valence-electron chi connectivity index (χ3n) is 3.71. The summed E-state index contributed by atoms with van der Waals surface area (Å²) in [7, 11) is 2.06. The minimum absolute atomic E-state index is 0.284. The molecule has 1 N–H and O–H groups in total. The van der Waals surface area contributed by atoms with Gasteiger partial charge in [-0.15, -0.1) is 0 Å². The van der Waals surface area contributed by atoms with E-state index < -0.39 is 0 Å². The maximum atomic E-state index is 5.69. The van der Waals surface area contributed by atoms with Crippen molar-refractivity contribution in [2.45, 2.75) is 25.5 Å². The maximum absolute atomic E-state index is 5.69. The van der Waals surface area contributed by atoms with Crippen molar-refractivity contribution in [2.24, 2.45) is 5.92 Å². The van der Waals surface area contributed by atoms with Crippen LogP contribution in [0.5, 0.6) is 0 Å². The normalized spacial score (nSPS) is 37.5. The van der Waals surface area contributed by atoms with Gasteiger partial charge in [-0.25, -0.2) is 0 Å². The number of piperidine rings is 1. The van der Waals surface area contributed by atoms with Crippen molar-refractivity contribution in [1.82, 2.24) is 10.2 Å². The predicted molar refractivity (Wildman–Crippen MR) is 63.6 cm³/mol. The molecule has 2 aliphatic rings. The third kappa shape index (κ3) is 3.17. The van der Waals surface area contributed by atoms with E-state index in [1.54, 1.807) is 0 Å². The van der Waals surface area contributed by atoms with Crippen molar-refractivity contribution in [3.05, 3.63) is 0 Å². The molecule has 0 amide bonds. The Morgan fingerprint density at radius 3 is 2.88 bits per heavy atom. The minimum atomic E-state index is 0.284. The second-order valence-electron chi connectivity index (χ2n) is 4.99. The summed E-state index contributed by atoms with van der Waals surface area (Å²) < 4.78 is 11.1. The molecule has 4 nitrogen and oxygen atoms in total. The Bertz CT molecular complexity index is 207. The Hall–Kier alpha value is -0.160. The standard InChI is InChI=1S/C12H24N2O2/c1-10-7-14(4-3-12(10)13-2)8-11-9-15-5-6-16-11/h10-13H,3-9H2,1-2H3. The zero-order valence-corrected chi connectivity index (χ0v) is 10.4. The van der Waals surface area contributed by atoms with E-state index in [0.717, 1.165) is 32.3 Å². The number of likely N-dealkylation sites (tertiary alicyclic amines) is 1. The van der Waals surface area contributed by atoms with E-state index in [0.29, 0.717) is 6.04 Å². The van der Waals surface area contributed by atoms with Gasteiger partial charge in [0.05, 0.1) is 25.9 Å². The third-order valence-corrected chi connectivity index (χ3v) is 3.71. The van der Waals surface area contributed by atoms with Gasteiger partial charge >= 0.3 is 0 Å². The van der Waals surface area contributed by atoms with Gasteiger partial charge in [-0.2, -0.15) is 0 Å². The highest BCUT2D eigenvalue weighted by molar-refractivity contribution is 4.83. The summed E-state index contributed by atoms with van der Waals surface area (Å²) >= 11 is 0. The highest BCUT2D eigenvalue weighted by Crippen LogP contribution is 2.17. The Labute approximate surface area is 98.3 Å². The van der Waals surface area contributed by atoms with Crippen LogP contribution in [0.25, 0.3) is 0 Å². The van der Waals surface area contributed by atoms with E-state index in [-0.39, 0.29) is 6.10 Å². The van der Waals surface area contributed by atoms with Crippen LogP contribution in [-0.2, 0) is 9.47 Å². The molecule has 2 rings (SSSR count). The zero-order chi connectivity index (χ0) is 11.4. The molecule has 3 unspecified atom stereocenters. The molecular formula is C12H24N2O2. The molecular weight excluding hydrogens is 204 g/mol. The van der Waals surface area contributed by atoms with Gasteiger partial charge in [0.15, 0.2) is 0 Å². The summed E-state index contributed by atoms with van der Waals surface area (Å²) in [5.41, 5.74) is 0. The summed E-state index contributed by atoms with van der Waals surface area (Å²) in [5, 5.41) is 3.40.